The highest BCUT2D eigenvalue weighted by Gasteiger charge is 2.26. The van der Waals surface area contributed by atoms with Gasteiger partial charge in [-0.25, -0.2) is 9.97 Å². The fraction of sp³-hybridized carbons (Fsp3) is 0.583. The van der Waals surface area contributed by atoms with Crippen molar-refractivity contribution < 1.29 is 10.1 Å². The smallest absolute Gasteiger partial charge is 0.228 e. The topological polar surface area (TPSA) is 116 Å². The van der Waals surface area contributed by atoms with Gasteiger partial charge in [-0.3, -0.25) is 10.3 Å². The number of hydrogen-bond donors (Lipinski definition) is 4. The second kappa shape index (κ2) is 12.6. The van der Waals surface area contributed by atoms with Crippen molar-refractivity contribution in [2.45, 2.75) is 26.2 Å². The maximum Gasteiger partial charge on any atom is 0.228 e. The molecule has 2 aliphatic rings. The van der Waals surface area contributed by atoms with Crippen LogP contribution >= 0.6 is 0 Å². The van der Waals surface area contributed by atoms with Gasteiger partial charge < -0.3 is 25.6 Å². The lowest BCUT2D eigenvalue weighted by Crippen LogP contribution is -2.50. The van der Waals surface area contributed by atoms with Gasteiger partial charge in [-0.1, -0.05) is 12.5 Å². The molecule has 184 valence electrons. The Morgan fingerprint density at radius 3 is 2.68 bits per heavy atom. The van der Waals surface area contributed by atoms with Crippen LogP contribution in [0.5, 0.6) is 0 Å². The van der Waals surface area contributed by atoms with Gasteiger partial charge >= 0.3 is 0 Å². The first-order valence-electron chi connectivity index (χ1n) is 12.5. The standard InChI is InChI=1S/C24H37N9O/c1-2-34-17-12-28-22-21(19(25)18-32-13-6-3-7-14-32)30-24(33-15-10-26-11-16-33)31-23(22)29-20-8-4-5-9-27-20/h4-5,8-9,25-26,28H,2-3,6-7,10-18H2,1H3,(H,27,29,30,31)/p+1. The number of nitrogens with two attached hydrogens (primary N) is 1. The number of anilines is 4. The molecule has 2 fully saturated rings. The highest BCUT2D eigenvalue weighted by Crippen LogP contribution is 2.29. The predicted octanol–water partition coefficient (Wildman–Crippen LogP) is 0.507. The lowest BCUT2D eigenvalue weighted by Gasteiger charge is -2.29. The van der Waals surface area contributed by atoms with Crippen LogP contribution in [-0.2, 0) is 4.74 Å². The van der Waals surface area contributed by atoms with Gasteiger partial charge in [0, 0.05) is 45.5 Å². The van der Waals surface area contributed by atoms with E-state index in [1.807, 2.05) is 25.1 Å². The van der Waals surface area contributed by atoms with Crippen LogP contribution < -0.4 is 26.3 Å². The van der Waals surface area contributed by atoms with Gasteiger partial charge in [0.1, 0.15) is 11.5 Å². The molecule has 0 spiro atoms. The molecule has 2 aromatic heterocycles. The third kappa shape index (κ3) is 6.62. The van der Waals surface area contributed by atoms with E-state index in [-0.39, 0.29) is 0 Å². The minimum Gasteiger partial charge on any atom is -0.380 e. The summed E-state index contributed by atoms with van der Waals surface area (Å²) >= 11 is 0. The van der Waals surface area contributed by atoms with Crippen molar-refractivity contribution in [2.75, 3.05) is 81.1 Å². The number of aromatic nitrogens is 3. The lowest BCUT2D eigenvalue weighted by molar-refractivity contribution is -0.116. The van der Waals surface area contributed by atoms with Gasteiger partial charge in [0.25, 0.3) is 0 Å². The van der Waals surface area contributed by atoms with Crippen molar-refractivity contribution in [1.29, 1.82) is 0 Å². The second-order valence-corrected chi connectivity index (χ2v) is 8.66. The molecule has 5 N–H and O–H groups in total. The van der Waals surface area contributed by atoms with Gasteiger partial charge in [0.2, 0.25) is 11.7 Å². The van der Waals surface area contributed by atoms with Crippen molar-refractivity contribution >= 4 is 29.0 Å². The van der Waals surface area contributed by atoms with Crippen molar-refractivity contribution in [3.8, 4) is 0 Å². The number of piperazine rings is 1. The minimum absolute atomic E-state index is 0.588. The van der Waals surface area contributed by atoms with E-state index in [2.05, 4.69) is 30.7 Å². The summed E-state index contributed by atoms with van der Waals surface area (Å²) in [5.74, 6) is 2.09. The highest BCUT2D eigenvalue weighted by molar-refractivity contribution is 6.03. The van der Waals surface area contributed by atoms with E-state index < -0.39 is 0 Å². The summed E-state index contributed by atoms with van der Waals surface area (Å²) in [5, 5.41) is 17.0. The quantitative estimate of drug-likeness (QED) is 0.276. The summed E-state index contributed by atoms with van der Waals surface area (Å²) in [6, 6.07) is 5.78. The fourth-order valence-electron chi connectivity index (χ4n) is 4.33. The molecule has 10 nitrogen and oxygen atoms in total. The highest BCUT2D eigenvalue weighted by atomic mass is 16.5. The summed E-state index contributed by atoms with van der Waals surface area (Å²) in [4.78, 5) is 19.0. The molecular formula is C24H38N9O+. The predicted molar refractivity (Wildman–Crippen MR) is 136 cm³/mol. The molecule has 0 saturated carbocycles. The maximum absolute atomic E-state index is 6.76. The molecule has 4 rings (SSSR count). The Kier molecular flexibility index (Phi) is 9.00. The van der Waals surface area contributed by atoms with E-state index >= 15 is 0 Å². The molecule has 0 aromatic carbocycles. The number of nitrogens with zero attached hydrogens (tertiary/aromatic N) is 5. The molecule has 0 bridgehead atoms. The number of piperidine rings is 1. The largest absolute Gasteiger partial charge is 0.380 e. The number of rotatable bonds is 11. The van der Waals surface area contributed by atoms with E-state index in [1.54, 1.807) is 6.20 Å². The first kappa shape index (κ1) is 24.3. The van der Waals surface area contributed by atoms with Crippen molar-refractivity contribution in [3.05, 3.63) is 30.1 Å². The zero-order valence-corrected chi connectivity index (χ0v) is 20.2. The first-order valence-corrected chi connectivity index (χ1v) is 12.5. The van der Waals surface area contributed by atoms with Crippen LogP contribution in [0.3, 0.4) is 0 Å². The molecular weight excluding hydrogens is 430 g/mol. The van der Waals surface area contributed by atoms with Gasteiger partial charge in [0.15, 0.2) is 11.5 Å². The number of pyridine rings is 1. The van der Waals surface area contributed by atoms with E-state index in [0.717, 1.165) is 62.2 Å². The Labute approximate surface area is 202 Å². The van der Waals surface area contributed by atoms with E-state index in [9.17, 15) is 0 Å². The van der Waals surface area contributed by atoms with Gasteiger partial charge in [0.05, 0.1) is 13.2 Å². The Morgan fingerprint density at radius 2 is 1.94 bits per heavy atom. The SMILES string of the molecule is CCOCCNc1c(Nc2ccccn2)nc(N2CCNCC2)nc1C(=[NH2+])CN1CCCCC1. The summed E-state index contributed by atoms with van der Waals surface area (Å²) in [6.07, 6.45) is 5.49. The number of hydrogen-bond acceptors (Lipinski definition) is 9. The zero-order valence-electron chi connectivity index (χ0n) is 20.2. The van der Waals surface area contributed by atoms with E-state index in [4.69, 9.17) is 20.1 Å². The van der Waals surface area contributed by atoms with Crippen LogP contribution in [0.4, 0.5) is 23.3 Å². The average Bonchev–Trinajstić information content (AvgIpc) is 2.88. The number of nitrogens with one attached hydrogen (secondary N) is 3. The Balaban J connectivity index is 1.68. The normalized spacial score (nSPS) is 16.9. The second-order valence-electron chi connectivity index (χ2n) is 8.66. The van der Waals surface area contributed by atoms with Gasteiger partial charge in [-0.2, -0.15) is 4.98 Å². The summed E-state index contributed by atoms with van der Waals surface area (Å²) < 4.78 is 5.56. The third-order valence-electron chi connectivity index (χ3n) is 6.11. The molecule has 0 amide bonds. The first-order chi connectivity index (χ1) is 16.7. The molecule has 0 aliphatic carbocycles. The Bertz CT molecular complexity index is 912. The van der Waals surface area contributed by atoms with Crippen LogP contribution in [0.15, 0.2) is 24.4 Å². The number of ether oxygens (including phenoxy) is 1. The van der Waals surface area contributed by atoms with E-state index in [1.165, 1.54) is 19.3 Å². The molecule has 10 heteroatoms. The van der Waals surface area contributed by atoms with Gasteiger partial charge in [-0.15, -0.1) is 0 Å². The van der Waals surface area contributed by atoms with Crippen LogP contribution in [0.1, 0.15) is 31.9 Å². The Morgan fingerprint density at radius 1 is 1.12 bits per heavy atom. The molecule has 0 unspecified atom stereocenters. The minimum atomic E-state index is 0.588. The van der Waals surface area contributed by atoms with Crippen LogP contribution in [0, 0.1) is 0 Å². The Hall–Kier alpha value is -2.82. The average molecular weight is 469 g/mol. The molecule has 2 saturated heterocycles. The fourth-order valence-corrected chi connectivity index (χ4v) is 4.33. The summed E-state index contributed by atoms with van der Waals surface area (Å²) in [7, 11) is 0. The molecule has 0 atom stereocenters. The number of likely N-dealkylation sites (tertiary alicyclic amines) is 1. The summed E-state index contributed by atoms with van der Waals surface area (Å²) in [6.45, 7) is 10.2. The van der Waals surface area contributed by atoms with Crippen molar-refractivity contribution in [2.24, 2.45) is 0 Å². The van der Waals surface area contributed by atoms with Crippen LogP contribution in [0.2, 0.25) is 0 Å². The zero-order chi connectivity index (χ0) is 23.6. The lowest BCUT2D eigenvalue weighted by atomic mass is 10.1. The molecule has 0 radical (unpaired) electrons. The van der Waals surface area contributed by atoms with E-state index in [0.29, 0.717) is 38.1 Å². The molecule has 4 heterocycles. The van der Waals surface area contributed by atoms with Crippen molar-refractivity contribution in [1.82, 2.24) is 25.2 Å². The maximum atomic E-state index is 6.76. The van der Waals surface area contributed by atoms with Gasteiger partial charge in [-0.05, 0) is 45.0 Å². The van der Waals surface area contributed by atoms with Crippen LogP contribution in [0.25, 0.3) is 0 Å². The monoisotopic (exact) mass is 468 g/mol. The molecule has 2 aromatic rings. The van der Waals surface area contributed by atoms with Crippen LogP contribution in [-0.4, -0.2) is 91.1 Å². The third-order valence-corrected chi connectivity index (χ3v) is 6.11. The molecule has 2 aliphatic heterocycles. The molecule has 34 heavy (non-hydrogen) atoms. The summed E-state index contributed by atoms with van der Waals surface area (Å²) in [5.41, 5.74) is 2.30. The van der Waals surface area contributed by atoms with Crippen molar-refractivity contribution in [3.63, 3.8) is 0 Å².